The van der Waals surface area contributed by atoms with Gasteiger partial charge in [0.25, 0.3) is 0 Å². The molecule has 0 aromatic carbocycles. The third-order valence-corrected chi connectivity index (χ3v) is 19.2. The fourth-order valence-electron chi connectivity index (χ4n) is 10.8. The molecule has 17 nitrogen and oxygen atoms in total. The van der Waals surface area contributed by atoms with Crippen molar-refractivity contribution in [3.8, 4) is 0 Å². The molecule has 0 rings (SSSR count). The third-order valence-electron chi connectivity index (χ3n) is 17.3. The van der Waals surface area contributed by atoms with E-state index in [4.69, 9.17) is 37.0 Å². The van der Waals surface area contributed by atoms with E-state index in [9.17, 15) is 43.2 Å². The van der Waals surface area contributed by atoms with Crippen LogP contribution in [0.15, 0.2) is 0 Å². The van der Waals surface area contributed by atoms with Crippen LogP contribution in [0.3, 0.4) is 0 Å². The van der Waals surface area contributed by atoms with Crippen LogP contribution in [0, 0.1) is 23.7 Å². The van der Waals surface area contributed by atoms with Gasteiger partial charge in [-0.3, -0.25) is 37.3 Å². The average Bonchev–Trinajstić information content (AvgIpc) is 3.42. The maximum Gasteiger partial charge on any atom is 0.472 e. The molecule has 540 valence electrons. The molecule has 7 atom stereocenters. The molecule has 0 bridgehead atoms. The quantitative estimate of drug-likeness (QED) is 0.0222. The number of unbranched alkanes of at least 4 members (excludes halogenated alkanes) is 33. The Morgan fingerprint density at radius 1 is 0.308 bits per heavy atom. The minimum absolute atomic E-state index is 0.104. The zero-order valence-electron chi connectivity index (χ0n) is 59.5. The molecule has 3 N–H and O–H groups in total. The minimum atomic E-state index is -4.95. The van der Waals surface area contributed by atoms with Gasteiger partial charge in [0.05, 0.1) is 26.4 Å². The van der Waals surface area contributed by atoms with E-state index in [0.717, 1.165) is 120 Å². The van der Waals surface area contributed by atoms with Crippen molar-refractivity contribution in [1.82, 2.24) is 0 Å². The van der Waals surface area contributed by atoms with Gasteiger partial charge in [0.15, 0.2) is 12.2 Å². The highest BCUT2D eigenvalue weighted by Gasteiger charge is 2.30. The Labute approximate surface area is 556 Å². The third kappa shape index (κ3) is 63.9. The zero-order valence-corrected chi connectivity index (χ0v) is 61.3. The molecule has 0 saturated carbocycles. The molecule has 0 aromatic rings. The van der Waals surface area contributed by atoms with Crippen LogP contribution >= 0.6 is 15.6 Å². The number of aliphatic hydroxyl groups is 1. The van der Waals surface area contributed by atoms with Crippen molar-refractivity contribution in [1.29, 1.82) is 0 Å². The Morgan fingerprint density at radius 3 is 0.780 bits per heavy atom. The van der Waals surface area contributed by atoms with Gasteiger partial charge in [0.1, 0.15) is 19.3 Å². The lowest BCUT2D eigenvalue weighted by atomic mass is 9.99. The highest BCUT2D eigenvalue weighted by Crippen LogP contribution is 2.45. The van der Waals surface area contributed by atoms with E-state index in [0.29, 0.717) is 25.7 Å². The van der Waals surface area contributed by atoms with Gasteiger partial charge in [-0.05, 0) is 49.4 Å². The lowest BCUT2D eigenvalue weighted by Gasteiger charge is -2.21. The molecule has 4 unspecified atom stereocenters. The summed E-state index contributed by atoms with van der Waals surface area (Å²) in [4.78, 5) is 72.6. The number of phosphoric acid groups is 2. The van der Waals surface area contributed by atoms with E-state index in [1.165, 1.54) is 154 Å². The summed E-state index contributed by atoms with van der Waals surface area (Å²) in [5.41, 5.74) is 0. The molecule has 0 radical (unpaired) electrons. The van der Waals surface area contributed by atoms with Crippen LogP contribution in [0.4, 0.5) is 0 Å². The van der Waals surface area contributed by atoms with E-state index in [-0.39, 0.29) is 25.7 Å². The summed E-state index contributed by atoms with van der Waals surface area (Å²) in [5, 5.41) is 10.6. The largest absolute Gasteiger partial charge is 0.472 e. The van der Waals surface area contributed by atoms with Gasteiger partial charge in [0.2, 0.25) is 0 Å². The van der Waals surface area contributed by atoms with E-state index in [1.54, 1.807) is 0 Å². The summed E-state index contributed by atoms with van der Waals surface area (Å²) < 4.78 is 68.3. The van der Waals surface area contributed by atoms with Crippen LogP contribution in [0.5, 0.6) is 0 Å². The first-order valence-electron chi connectivity index (χ1n) is 37.3. The first-order valence-corrected chi connectivity index (χ1v) is 40.3. The van der Waals surface area contributed by atoms with Crippen molar-refractivity contribution in [2.75, 3.05) is 39.6 Å². The van der Waals surface area contributed by atoms with Crippen LogP contribution in [0.1, 0.15) is 357 Å². The molecule has 91 heavy (non-hydrogen) atoms. The van der Waals surface area contributed by atoms with Crippen LogP contribution in [-0.2, 0) is 65.4 Å². The Bertz CT molecular complexity index is 1800. The molecule has 0 spiro atoms. The summed E-state index contributed by atoms with van der Waals surface area (Å²) in [6.45, 7) is 14.1. The van der Waals surface area contributed by atoms with Gasteiger partial charge >= 0.3 is 39.5 Å². The SMILES string of the molecule is CCC(C)CCCCCCCCCCC(=O)O[C@H](COC(=O)CCCCCCCCC(C)CC)COP(=O)(O)OC[C@H](O)COP(=O)(O)OC[C@@H](COC(=O)CCCCCCCCCCCCCCCCC(C)C)OC(=O)CCCCCCCCCCCC(C)C. The number of carbonyl (C=O) groups excluding carboxylic acids is 4. The highest BCUT2D eigenvalue weighted by molar-refractivity contribution is 7.47. The van der Waals surface area contributed by atoms with Crippen LogP contribution in [-0.4, -0.2) is 96.7 Å². The van der Waals surface area contributed by atoms with Crippen LogP contribution in [0.2, 0.25) is 0 Å². The molecule has 0 aliphatic carbocycles. The fraction of sp³-hybridized carbons (Fsp3) is 0.944. The summed E-state index contributed by atoms with van der Waals surface area (Å²) in [5.74, 6) is 0.907. The van der Waals surface area contributed by atoms with Crippen molar-refractivity contribution in [3.63, 3.8) is 0 Å². The second-order valence-corrected chi connectivity index (χ2v) is 30.3. The molecule has 0 aliphatic heterocycles. The van der Waals surface area contributed by atoms with Crippen molar-refractivity contribution < 1.29 is 80.2 Å². The maximum absolute atomic E-state index is 13.0. The minimum Gasteiger partial charge on any atom is -0.462 e. The number of ether oxygens (including phenoxy) is 4. The monoisotopic (exact) mass is 1340 g/mol. The first kappa shape index (κ1) is 89.1. The number of aliphatic hydroxyl groups excluding tert-OH is 1. The summed E-state index contributed by atoms with van der Waals surface area (Å²) in [6.07, 6.45) is 44.4. The van der Waals surface area contributed by atoms with Gasteiger partial charge in [-0.2, -0.15) is 0 Å². The number of rotatable bonds is 69. The van der Waals surface area contributed by atoms with Gasteiger partial charge < -0.3 is 33.8 Å². The predicted octanol–water partition coefficient (Wildman–Crippen LogP) is 20.5. The lowest BCUT2D eigenvalue weighted by Crippen LogP contribution is -2.30. The summed E-state index contributed by atoms with van der Waals surface area (Å²) in [7, 11) is -9.91. The highest BCUT2D eigenvalue weighted by atomic mass is 31.2. The zero-order chi connectivity index (χ0) is 67.5. The normalized spacial score (nSPS) is 14.8. The Balaban J connectivity index is 5.24. The topological polar surface area (TPSA) is 237 Å². The average molecular weight is 1340 g/mol. The molecular formula is C72H140O17P2. The number of carbonyl (C=O) groups is 4. The van der Waals surface area contributed by atoms with Crippen LogP contribution in [0.25, 0.3) is 0 Å². The van der Waals surface area contributed by atoms with Crippen molar-refractivity contribution in [2.24, 2.45) is 23.7 Å². The molecule has 19 heteroatoms. The summed E-state index contributed by atoms with van der Waals surface area (Å²) in [6, 6.07) is 0. The predicted molar refractivity (Wildman–Crippen MR) is 367 cm³/mol. The lowest BCUT2D eigenvalue weighted by molar-refractivity contribution is -0.161. The Morgan fingerprint density at radius 2 is 0.527 bits per heavy atom. The van der Waals surface area contributed by atoms with Crippen molar-refractivity contribution >= 4 is 39.5 Å². The Kier molecular flexibility index (Phi) is 60.3. The molecule has 0 saturated heterocycles. The van der Waals surface area contributed by atoms with E-state index < -0.39 is 97.5 Å². The van der Waals surface area contributed by atoms with Crippen molar-refractivity contribution in [2.45, 2.75) is 375 Å². The Hall–Kier alpha value is -1.94. The number of hydrogen-bond donors (Lipinski definition) is 3. The molecule has 0 heterocycles. The van der Waals surface area contributed by atoms with E-state index in [1.807, 2.05) is 0 Å². The first-order chi connectivity index (χ1) is 43.7. The number of phosphoric ester groups is 2. The molecular weight excluding hydrogens is 1200 g/mol. The van der Waals surface area contributed by atoms with Gasteiger partial charge in [0, 0.05) is 25.7 Å². The van der Waals surface area contributed by atoms with E-state index >= 15 is 0 Å². The van der Waals surface area contributed by atoms with Gasteiger partial charge in [-0.1, -0.05) is 306 Å². The number of hydrogen-bond acceptors (Lipinski definition) is 15. The number of esters is 4. The van der Waals surface area contributed by atoms with Gasteiger partial charge in [-0.25, -0.2) is 9.13 Å². The fourth-order valence-corrected chi connectivity index (χ4v) is 12.4. The molecule has 0 aromatic heterocycles. The maximum atomic E-state index is 13.0. The second kappa shape index (κ2) is 61.6. The van der Waals surface area contributed by atoms with E-state index in [2.05, 4.69) is 55.4 Å². The molecule has 0 fully saturated rings. The summed E-state index contributed by atoms with van der Waals surface area (Å²) >= 11 is 0. The molecule has 0 amide bonds. The second-order valence-electron chi connectivity index (χ2n) is 27.4. The smallest absolute Gasteiger partial charge is 0.462 e. The van der Waals surface area contributed by atoms with Gasteiger partial charge in [-0.15, -0.1) is 0 Å². The molecule has 0 aliphatic rings. The van der Waals surface area contributed by atoms with Crippen molar-refractivity contribution in [3.05, 3.63) is 0 Å². The standard InChI is InChI=1S/C72H140O17P2/c1-9-64(7)50-42-34-26-22-23-29-39-47-55-72(77)89-68(59-83-70(75)53-45-37-31-30-35-43-51-65(8)10-2)61-87-91(80,81)85-57-66(73)56-84-90(78,79)86-60-67(88-71(76)54-46-38-28-21-17-19-25-33-41-49-63(5)6)58-82-69(74)52-44-36-27-20-16-14-12-11-13-15-18-24-32-40-48-62(3)4/h62-68,73H,9-61H2,1-8H3,(H,78,79)(H,80,81)/t64?,65?,66-,67-,68-/m1/s1. The van der Waals surface area contributed by atoms with Crippen LogP contribution < -0.4 is 0 Å².